The Bertz CT molecular complexity index is 1200. The second kappa shape index (κ2) is 17.9. The fraction of sp³-hybridized carbons (Fsp3) is 0.745. The van der Waals surface area contributed by atoms with Crippen molar-refractivity contribution in [2.75, 3.05) is 0 Å². The molecule has 0 saturated heterocycles. The Balaban J connectivity index is 2.76. The van der Waals surface area contributed by atoms with Crippen LogP contribution in [-0.4, -0.2) is 0 Å². The molecule has 1 saturated carbocycles. The molecule has 2 atom stereocenters. The van der Waals surface area contributed by atoms with Crippen molar-refractivity contribution in [2.24, 2.45) is 11.8 Å². The molecule has 0 spiro atoms. The second-order valence-corrected chi connectivity index (χ2v) is 17.8. The summed E-state index contributed by atoms with van der Waals surface area (Å²) in [5.74, 6) is 1.87. The third-order valence-corrected chi connectivity index (χ3v) is 12.3. The van der Waals surface area contributed by atoms with Crippen molar-refractivity contribution in [1.29, 1.82) is 0 Å². The van der Waals surface area contributed by atoms with Crippen LogP contribution in [0.4, 0.5) is 0 Å². The number of unbranched alkanes of at least 4 members (excludes halogenated alkanes) is 5. The van der Waals surface area contributed by atoms with Gasteiger partial charge in [0.2, 0.25) is 0 Å². The van der Waals surface area contributed by atoms with E-state index >= 15 is 0 Å². The molecule has 0 heterocycles. The number of hydrogen-bond acceptors (Lipinski definition) is 0. The Morgan fingerprint density at radius 3 is 1.83 bits per heavy atom. The highest BCUT2D eigenvalue weighted by molar-refractivity contribution is 5.63. The van der Waals surface area contributed by atoms with Crippen LogP contribution in [0.2, 0.25) is 0 Å². The van der Waals surface area contributed by atoms with Gasteiger partial charge in [0, 0.05) is 5.41 Å². The molecule has 47 heavy (non-hydrogen) atoms. The van der Waals surface area contributed by atoms with E-state index < -0.39 is 0 Å². The van der Waals surface area contributed by atoms with Gasteiger partial charge in [0.1, 0.15) is 0 Å². The summed E-state index contributed by atoms with van der Waals surface area (Å²) in [6.45, 7) is 30.1. The van der Waals surface area contributed by atoms with Crippen LogP contribution in [0.25, 0.3) is 0 Å². The smallest absolute Gasteiger partial charge is 0.0236 e. The highest BCUT2D eigenvalue weighted by Crippen LogP contribution is 2.57. The van der Waals surface area contributed by atoms with E-state index in [9.17, 15) is 0 Å². The van der Waals surface area contributed by atoms with Gasteiger partial charge in [-0.2, -0.15) is 0 Å². The lowest BCUT2D eigenvalue weighted by Crippen LogP contribution is -2.43. The lowest BCUT2D eigenvalue weighted by molar-refractivity contribution is 0.215. The lowest BCUT2D eigenvalue weighted by Gasteiger charge is -2.50. The summed E-state index contributed by atoms with van der Waals surface area (Å²) in [5, 5.41) is 0. The van der Waals surface area contributed by atoms with Crippen LogP contribution in [0.15, 0.2) is 30.3 Å². The number of rotatable bonds is 18. The van der Waals surface area contributed by atoms with E-state index in [0.29, 0.717) is 17.8 Å². The molecule has 2 aromatic carbocycles. The van der Waals surface area contributed by atoms with Crippen molar-refractivity contribution in [1.82, 2.24) is 0 Å². The summed E-state index contributed by atoms with van der Waals surface area (Å²) in [6, 6.07) is 12.1. The predicted molar refractivity (Wildman–Crippen MR) is 211 cm³/mol. The van der Waals surface area contributed by atoms with Crippen molar-refractivity contribution < 1.29 is 0 Å². The molecule has 1 fully saturated rings. The van der Waals surface area contributed by atoms with Crippen LogP contribution in [0.3, 0.4) is 0 Å². The van der Waals surface area contributed by atoms with Crippen LogP contribution in [0, 0.1) is 11.8 Å². The van der Waals surface area contributed by atoms with Crippen LogP contribution < -0.4 is 0 Å². The summed E-state index contributed by atoms with van der Waals surface area (Å²) < 4.78 is 0. The van der Waals surface area contributed by atoms with Crippen LogP contribution in [-0.2, 0) is 29.1 Å². The minimum atomic E-state index is 0.0551. The van der Waals surface area contributed by atoms with E-state index in [2.05, 4.69) is 113 Å². The standard InChI is InChI=1S/C47H78/c1-13-17-19-27-33-47(37-28-23-20-24-29-37,38-30-25-21-26-31-38)44-40(34-35(5)6)41(36(7)15-3)42(45(8,9)10)39(32-22-18-14-2)43(44)46(11,12)16-4/h20,23-24,28-29,35-36,38H,13-19,21-22,25-27,30-34H2,1-12H3. The molecule has 0 amide bonds. The molecule has 0 bridgehead atoms. The monoisotopic (exact) mass is 643 g/mol. The van der Waals surface area contributed by atoms with Gasteiger partial charge in [-0.15, -0.1) is 0 Å². The SMILES string of the molecule is CCCCCCC(c1ccccc1)(c1c(CC(C)C)c(C(C)CC)c(C(C)(C)C)c(CCCCC)c1C(C)(C)CC)C1CCCCC1. The zero-order valence-electron chi connectivity index (χ0n) is 33.6. The number of benzene rings is 2. The van der Waals surface area contributed by atoms with Crippen molar-refractivity contribution in [2.45, 2.75) is 214 Å². The van der Waals surface area contributed by atoms with E-state index in [4.69, 9.17) is 0 Å². The van der Waals surface area contributed by atoms with E-state index in [1.54, 1.807) is 33.4 Å². The maximum Gasteiger partial charge on any atom is 0.0236 e. The van der Waals surface area contributed by atoms with Gasteiger partial charge in [-0.25, -0.2) is 0 Å². The summed E-state index contributed by atoms with van der Waals surface area (Å²) in [6.07, 6.45) is 22.3. The first-order valence-corrected chi connectivity index (χ1v) is 20.6. The topological polar surface area (TPSA) is 0 Å². The molecule has 3 rings (SSSR count). The van der Waals surface area contributed by atoms with Gasteiger partial charge in [-0.05, 0) is 119 Å². The Labute approximate surface area is 294 Å². The minimum absolute atomic E-state index is 0.0551. The first-order chi connectivity index (χ1) is 22.3. The molecule has 0 aliphatic heterocycles. The van der Waals surface area contributed by atoms with Crippen LogP contribution >= 0.6 is 0 Å². The maximum absolute atomic E-state index is 2.62. The van der Waals surface area contributed by atoms with Crippen molar-refractivity contribution >= 4 is 0 Å². The zero-order valence-corrected chi connectivity index (χ0v) is 33.6. The van der Waals surface area contributed by atoms with E-state index in [-0.39, 0.29) is 16.2 Å². The highest BCUT2D eigenvalue weighted by Gasteiger charge is 2.48. The number of hydrogen-bond donors (Lipinski definition) is 0. The molecule has 1 aliphatic carbocycles. The molecule has 2 aromatic rings. The normalized spacial score (nSPS) is 16.9. The summed E-state index contributed by atoms with van der Waals surface area (Å²) in [4.78, 5) is 0. The fourth-order valence-electron chi connectivity index (χ4n) is 9.54. The maximum atomic E-state index is 2.62. The molecule has 0 nitrogen and oxygen atoms in total. The third kappa shape index (κ3) is 9.17. The van der Waals surface area contributed by atoms with E-state index in [1.807, 2.05) is 5.56 Å². The molecule has 2 unspecified atom stereocenters. The quantitative estimate of drug-likeness (QED) is 0.142. The van der Waals surface area contributed by atoms with E-state index in [0.717, 1.165) is 0 Å². The summed E-state index contributed by atoms with van der Waals surface area (Å²) in [5.41, 5.74) is 12.5. The van der Waals surface area contributed by atoms with Crippen LogP contribution in [0.1, 0.15) is 224 Å². The van der Waals surface area contributed by atoms with Gasteiger partial charge in [0.15, 0.2) is 0 Å². The largest absolute Gasteiger partial charge is 0.0654 e. The first kappa shape index (κ1) is 39.9. The van der Waals surface area contributed by atoms with Gasteiger partial charge in [-0.1, -0.05) is 171 Å². The molecule has 1 aliphatic rings. The Morgan fingerprint density at radius 2 is 1.30 bits per heavy atom. The van der Waals surface area contributed by atoms with Crippen LogP contribution in [0.5, 0.6) is 0 Å². The minimum Gasteiger partial charge on any atom is -0.0654 e. The average Bonchev–Trinajstić information content (AvgIpc) is 3.05. The first-order valence-electron chi connectivity index (χ1n) is 20.6. The predicted octanol–water partition coefficient (Wildman–Crippen LogP) is 15.0. The molecule has 0 aromatic heterocycles. The highest BCUT2D eigenvalue weighted by atomic mass is 14.5. The van der Waals surface area contributed by atoms with Gasteiger partial charge in [0.05, 0.1) is 0 Å². The van der Waals surface area contributed by atoms with Gasteiger partial charge in [-0.3, -0.25) is 0 Å². The molecule has 0 radical (unpaired) electrons. The Kier molecular flexibility index (Phi) is 15.2. The zero-order chi connectivity index (χ0) is 34.8. The van der Waals surface area contributed by atoms with Gasteiger partial charge >= 0.3 is 0 Å². The summed E-state index contributed by atoms with van der Waals surface area (Å²) in [7, 11) is 0. The fourth-order valence-corrected chi connectivity index (χ4v) is 9.54. The Hall–Kier alpha value is -1.56. The molecule has 0 N–H and O–H groups in total. The molecular formula is C47H78. The molecule has 0 heteroatoms. The second-order valence-electron chi connectivity index (χ2n) is 17.8. The lowest BCUT2D eigenvalue weighted by atomic mass is 9.53. The average molecular weight is 643 g/mol. The van der Waals surface area contributed by atoms with Gasteiger partial charge in [0.25, 0.3) is 0 Å². The molecular weight excluding hydrogens is 565 g/mol. The van der Waals surface area contributed by atoms with Crippen molar-refractivity contribution in [3.8, 4) is 0 Å². The van der Waals surface area contributed by atoms with E-state index in [1.165, 1.54) is 109 Å². The van der Waals surface area contributed by atoms with Crippen molar-refractivity contribution in [3.05, 3.63) is 69.3 Å². The third-order valence-electron chi connectivity index (χ3n) is 12.3. The van der Waals surface area contributed by atoms with Gasteiger partial charge < -0.3 is 0 Å². The summed E-state index contributed by atoms with van der Waals surface area (Å²) >= 11 is 0. The van der Waals surface area contributed by atoms with Crippen molar-refractivity contribution in [3.63, 3.8) is 0 Å². The Morgan fingerprint density at radius 1 is 0.681 bits per heavy atom. The molecule has 266 valence electrons.